The Hall–Kier alpha value is -2.75. The molecule has 0 radical (unpaired) electrons. The Kier molecular flexibility index (Phi) is 6.32. The zero-order valence-electron chi connectivity index (χ0n) is 14.2. The van der Waals surface area contributed by atoms with E-state index in [1.54, 1.807) is 12.1 Å². The first kappa shape index (κ1) is 20.6. The van der Waals surface area contributed by atoms with Crippen LogP contribution in [-0.4, -0.2) is 33.4 Å². The number of anilines is 1. The second-order valence-corrected chi connectivity index (χ2v) is 7.43. The first-order chi connectivity index (χ1) is 12.5. The lowest BCUT2D eigenvalue weighted by molar-refractivity contribution is -0.153. The lowest BCUT2D eigenvalue weighted by Gasteiger charge is -2.10. The zero-order valence-corrected chi connectivity index (χ0v) is 15.0. The predicted octanol–water partition coefficient (Wildman–Crippen LogP) is 2.93. The maximum atomic E-state index is 12.1. The fourth-order valence-electron chi connectivity index (χ4n) is 2.06. The molecule has 0 heterocycles. The highest BCUT2D eigenvalue weighted by molar-refractivity contribution is 7.92. The number of rotatable bonds is 7. The number of benzene rings is 2. The Labute approximate surface area is 154 Å². The highest BCUT2D eigenvalue weighted by Crippen LogP contribution is 2.19. The highest BCUT2D eigenvalue weighted by atomic mass is 32.2. The van der Waals surface area contributed by atoms with Crippen molar-refractivity contribution in [1.82, 2.24) is 5.32 Å². The van der Waals surface area contributed by atoms with Gasteiger partial charge in [0.05, 0.1) is 6.26 Å². The van der Waals surface area contributed by atoms with Crippen LogP contribution in [0.2, 0.25) is 0 Å². The monoisotopic (exact) mass is 402 g/mol. The van der Waals surface area contributed by atoms with Gasteiger partial charge in [0, 0.05) is 17.8 Å². The van der Waals surface area contributed by atoms with E-state index in [4.69, 9.17) is 0 Å². The van der Waals surface area contributed by atoms with Crippen molar-refractivity contribution in [1.29, 1.82) is 0 Å². The van der Waals surface area contributed by atoms with Crippen LogP contribution in [0.3, 0.4) is 0 Å². The van der Waals surface area contributed by atoms with Crippen LogP contribution in [0.5, 0.6) is 5.75 Å². The van der Waals surface area contributed by atoms with Gasteiger partial charge in [0.15, 0.2) is 6.61 Å². The molecule has 10 heteroatoms. The van der Waals surface area contributed by atoms with E-state index in [1.165, 1.54) is 36.4 Å². The first-order valence-corrected chi connectivity index (χ1v) is 9.55. The van der Waals surface area contributed by atoms with Gasteiger partial charge >= 0.3 is 6.18 Å². The molecule has 0 spiro atoms. The van der Waals surface area contributed by atoms with Crippen molar-refractivity contribution in [2.45, 2.75) is 12.7 Å². The molecule has 0 unspecified atom stereocenters. The summed E-state index contributed by atoms with van der Waals surface area (Å²) < 4.78 is 65.4. The molecule has 1 amide bonds. The minimum atomic E-state index is -4.40. The van der Waals surface area contributed by atoms with E-state index in [-0.39, 0.29) is 18.2 Å². The number of ether oxygens (including phenoxy) is 1. The van der Waals surface area contributed by atoms with E-state index in [2.05, 4.69) is 14.8 Å². The van der Waals surface area contributed by atoms with E-state index in [0.717, 1.165) is 6.26 Å². The summed E-state index contributed by atoms with van der Waals surface area (Å²) in [6.45, 7) is -1.20. The van der Waals surface area contributed by atoms with Crippen LogP contribution in [0.25, 0.3) is 0 Å². The molecule has 2 aromatic carbocycles. The van der Waals surface area contributed by atoms with E-state index < -0.39 is 22.8 Å². The molecule has 0 aliphatic rings. The molecule has 2 aromatic rings. The molecule has 0 atom stereocenters. The number of hydrogen-bond acceptors (Lipinski definition) is 4. The molecule has 6 nitrogen and oxygen atoms in total. The normalized spacial score (nSPS) is 11.7. The first-order valence-electron chi connectivity index (χ1n) is 7.66. The van der Waals surface area contributed by atoms with Gasteiger partial charge in [-0.2, -0.15) is 13.2 Å². The smallest absolute Gasteiger partial charge is 0.422 e. The summed E-state index contributed by atoms with van der Waals surface area (Å²) in [6.07, 6.45) is -3.38. The van der Waals surface area contributed by atoms with Crippen molar-refractivity contribution in [3.8, 4) is 5.75 Å². The summed E-state index contributed by atoms with van der Waals surface area (Å²) in [4.78, 5) is 12.1. The third-order valence-electron chi connectivity index (χ3n) is 3.23. The second-order valence-electron chi connectivity index (χ2n) is 5.68. The average molecular weight is 402 g/mol. The van der Waals surface area contributed by atoms with E-state index in [0.29, 0.717) is 16.8 Å². The summed E-state index contributed by atoms with van der Waals surface area (Å²) in [5.74, 6) is -0.297. The summed E-state index contributed by atoms with van der Waals surface area (Å²) in [5, 5.41) is 2.66. The van der Waals surface area contributed by atoms with Crippen LogP contribution in [0.4, 0.5) is 18.9 Å². The summed E-state index contributed by atoms with van der Waals surface area (Å²) >= 11 is 0. The van der Waals surface area contributed by atoms with E-state index in [9.17, 15) is 26.4 Å². The van der Waals surface area contributed by atoms with Gasteiger partial charge < -0.3 is 10.1 Å². The van der Waals surface area contributed by atoms with Gasteiger partial charge in [-0.15, -0.1) is 0 Å². The van der Waals surface area contributed by atoms with Gasteiger partial charge in [-0.3, -0.25) is 9.52 Å². The molecule has 2 rings (SSSR count). The number of sulfonamides is 1. The Morgan fingerprint density at radius 2 is 1.63 bits per heavy atom. The molecule has 0 aliphatic heterocycles. The maximum absolute atomic E-state index is 12.1. The molecule has 0 aliphatic carbocycles. The Bertz CT molecular complexity index is 880. The maximum Gasteiger partial charge on any atom is 0.422 e. The topological polar surface area (TPSA) is 84.5 Å². The fraction of sp³-hybridized carbons (Fsp3) is 0.235. The number of carbonyl (C=O) groups excluding carboxylic acids is 1. The van der Waals surface area contributed by atoms with Gasteiger partial charge in [0.2, 0.25) is 10.0 Å². The molecule has 0 aromatic heterocycles. The Morgan fingerprint density at radius 3 is 2.15 bits per heavy atom. The van der Waals surface area contributed by atoms with Crippen molar-refractivity contribution < 1.29 is 31.1 Å². The summed E-state index contributed by atoms with van der Waals surface area (Å²) in [7, 11) is -3.40. The minimum Gasteiger partial charge on any atom is -0.484 e. The molecule has 146 valence electrons. The standard InChI is InChI=1S/C17H17F3N2O4S/c1-27(24,25)22-14-6-4-13(5-7-14)16(23)21-10-12-2-8-15(9-3-12)26-11-17(18,19)20/h2-9,22H,10-11H2,1H3,(H,21,23). The Morgan fingerprint density at radius 1 is 1.04 bits per heavy atom. The van der Waals surface area contributed by atoms with Crippen molar-refractivity contribution in [2.24, 2.45) is 0 Å². The minimum absolute atomic E-state index is 0.0800. The summed E-state index contributed by atoms with van der Waals surface area (Å²) in [5.41, 5.74) is 1.35. The molecular weight excluding hydrogens is 385 g/mol. The van der Waals surface area contributed by atoms with Gasteiger partial charge in [0.1, 0.15) is 5.75 Å². The average Bonchev–Trinajstić information content (AvgIpc) is 2.57. The van der Waals surface area contributed by atoms with Gasteiger partial charge in [-0.25, -0.2) is 8.42 Å². The summed E-state index contributed by atoms with van der Waals surface area (Å²) in [6, 6.07) is 11.7. The molecule has 0 saturated heterocycles. The van der Waals surface area contributed by atoms with Gasteiger partial charge in [0.25, 0.3) is 5.91 Å². The number of carbonyl (C=O) groups is 1. The second kappa shape index (κ2) is 8.30. The molecule has 0 fully saturated rings. The van der Waals surface area contributed by atoms with Crippen LogP contribution in [0.15, 0.2) is 48.5 Å². The molecule has 27 heavy (non-hydrogen) atoms. The number of hydrogen-bond donors (Lipinski definition) is 2. The number of halogens is 3. The van der Waals surface area contributed by atoms with E-state index in [1.807, 2.05) is 0 Å². The zero-order chi connectivity index (χ0) is 20.1. The van der Waals surface area contributed by atoms with Crippen molar-refractivity contribution >= 4 is 21.6 Å². The third kappa shape index (κ3) is 7.57. The third-order valence-corrected chi connectivity index (χ3v) is 3.84. The van der Waals surface area contributed by atoms with Crippen molar-refractivity contribution in [3.63, 3.8) is 0 Å². The van der Waals surface area contributed by atoms with Crippen LogP contribution in [0.1, 0.15) is 15.9 Å². The predicted molar refractivity (Wildman–Crippen MR) is 94.1 cm³/mol. The van der Waals surface area contributed by atoms with Gasteiger partial charge in [-0.05, 0) is 42.0 Å². The SMILES string of the molecule is CS(=O)(=O)Nc1ccc(C(=O)NCc2ccc(OCC(F)(F)F)cc2)cc1. The van der Waals surface area contributed by atoms with E-state index >= 15 is 0 Å². The lowest BCUT2D eigenvalue weighted by atomic mass is 10.2. The molecule has 2 N–H and O–H groups in total. The number of alkyl halides is 3. The Balaban J connectivity index is 1.88. The van der Waals surface area contributed by atoms with Crippen LogP contribution in [0, 0.1) is 0 Å². The molecule has 0 bridgehead atoms. The van der Waals surface area contributed by atoms with Crippen LogP contribution < -0.4 is 14.8 Å². The van der Waals surface area contributed by atoms with Gasteiger partial charge in [-0.1, -0.05) is 12.1 Å². The molecular formula is C17H17F3N2O4S. The van der Waals surface area contributed by atoms with Crippen molar-refractivity contribution in [3.05, 3.63) is 59.7 Å². The van der Waals surface area contributed by atoms with Crippen molar-refractivity contribution in [2.75, 3.05) is 17.6 Å². The number of amides is 1. The van der Waals surface area contributed by atoms with Crippen LogP contribution >= 0.6 is 0 Å². The largest absolute Gasteiger partial charge is 0.484 e. The number of nitrogens with one attached hydrogen (secondary N) is 2. The lowest BCUT2D eigenvalue weighted by Crippen LogP contribution is -2.22. The van der Waals surface area contributed by atoms with Crippen LogP contribution in [-0.2, 0) is 16.6 Å². The fourth-order valence-corrected chi connectivity index (χ4v) is 2.62. The highest BCUT2D eigenvalue weighted by Gasteiger charge is 2.28. The quantitative estimate of drug-likeness (QED) is 0.746. The molecule has 0 saturated carbocycles.